The van der Waals surface area contributed by atoms with Crippen LogP contribution in [0.25, 0.3) is 28.0 Å². The second kappa shape index (κ2) is 12.1. The zero-order valence-electron chi connectivity index (χ0n) is 24.2. The first-order valence-electron chi connectivity index (χ1n) is 14.2. The number of rotatable bonds is 9. The van der Waals surface area contributed by atoms with Gasteiger partial charge in [-0.3, -0.25) is 9.59 Å². The fourth-order valence-electron chi connectivity index (χ4n) is 4.64. The van der Waals surface area contributed by atoms with Crippen LogP contribution in [-0.4, -0.2) is 31.0 Å². The van der Waals surface area contributed by atoms with Crippen LogP contribution in [0.15, 0.2) is 94.6 Å². The van der Waals surface area contributed by atoms with Crippen LogP contribution >= 0.6 is 11.3 Å². The van der Waals surface area contributed by atoms with Crippen LogP contribution < -0.4 is 20.4 Å². The molecule has 0 radical (unpaired) electrons. The van der Waals surface area contributed by atoms with Gasteiger partial charge in [0.25, 0.3) is 11.1 Å². The molecule has 0 aliphatic rings. The molecular weight excluding hydrogens is 558 g/mol. The van der Waals surface area contributed by atoms with Gasteiger partial charge in [-0.25, -0.2) is 4.68 Å². The van der Waals surface area contributed by atoms with Gasteiger partial charge in [-0.05, 0) is 67.3 Å². The zero-order chi connectivity index (χ0) is 29.9. The van der Waals surface area contributed by atoms with Crippen LogP contribution in [0.4, 0.5) is 0 Å². The van der Waals surface area contributed by atoms with Crippen LogP contribution in [0.2, 0.25) is 0 Å². The van der Waals surface area contributed by atoms with E-state index in [1.807, 2.05) is 92.0 Å². The van der Waals surface area contributed by atoms with Crippen molar-refractivity contribution in [1.29, 1.82) is 0 Å². The molecule has 0 amide bonds. The number of benzene rings is 3. The normalized spacial score (nSPS) is 12.0. The molecule has 0 aliphatic heterocycles. The van der Waals surface area contributed by atoms with Crippen molar-refractivity contribution in [2.24, 2.45) is 5.92 Å². The minimum Gasteiger partial charge on any atom is -0.494 e. The summed E-state index contributed by atoms with van der Waals surface area (Å²) in [5, 5.41) is 9.30. The maximum atomic E-state index is 13.5. The van der Waals surface area contributed by atoms with Gasteiger partial charge >= 0.3 is 0 Å². The minimum atomic E-state index is -0.429. The zero-order valence-corrected chi connectivity index (χ0v) is 25.0. The van der Waals surface area contributed by atoms with E-state index in [0.717, 1.165) is 51.4 Å². The second-order valence-corrected chi connectivity index (χ2v) is 11.9. The molecule has 0 saturated carbocycles. The molecule has 0 unspecified atom stereocenters. The van der Waals surface area contributed by atoms with E-state index in [4.69, 9.17) is 9.84 Å². The third-order valence-corrected chi connectivity index (χ3v) is 8.04. The Morgan fingerprint density at radius 3 is 2.40 bits per heavy atom. The van der Waals surface area contributed by atoms with Crippen molar-refractivity contribution in [2.45, 2.75) is 33.6 Å². The number of fused-ring (bicyclic) bond motifs is 1. The van der Waals surface area contributed by atoms with Gasteiger partial charge in [0.1, 0.15) is 17.1 Å². The third-order valence-electron chi connectivity index (χ3n) is 7.08. The first kappa shape index (κ1) is 28.2. The number of aromatic nitrogens is 5. The van der Waals surface area contributed by atoms with Crippen LogP contribution in [0, 0.1) is 12.8 Å². The Kier molecular flexibility index (Phi) is 7.98. The van der Waals surface area contributed by atoms with E-state index in [-0.39, 0.29) is 16.2 Å². The highest BCUT2D eigenvalue weighted by atomic mass is 32.1. The summed E-state index contributed by atoms with van der Waals surface area (Å²) in [7, 11) is 0. The number of ether oxygens (including phenoxy) is 1. The summed E-state index contributed by atoms with van der Waals surface area (Å²) in [6, 6.07) is 25.5. The quantitative estimate of drug-likeness (QED) is 0.229. The molecular formula is C34H31N5O3S. The lowest BCUT2D eigenvalue weighted by Crippen LogP contribution is -2.28. The van der Waals surface area contributed by atoms with E-state index < -0.39 is 5.56 Å². The fraction of sp³-hybridized carbons (Fsp3) is 0.206. The van der Waals surface area contributed by atoms with Crippen LogP contribution in [0.5, 0.6) is 5.75 Å². The Hall–Kier alpha value is -4.89. The maximum Gasteiger partial charge on any atom is 0.296 e. The van der Waals surface area contributed by atoms with Gasteiger partial charge in [0.2, 0.25) is 4.96 Å². The summed E-state index contributed by atoms with van der Waals surface area (Å²) >= 11 is 1.14. The summed E-state index contributed by atoms with van der Waals surface area (Å²) in [6.45, 7) is 7.01. The molecule has 43 heavy (non-hydrogen) atoms. The Labute approximate surface area is 252 Å². The van der Waals surface area contributed by atoms with Gasteiger partial charge in [-0.1, -0.05) is 73.2 Å². The average molecular weight is 590 g/mol. The Morgan fingerprint density at radius 2 is 1.67 bits per heavy atom. The van der Waals surface area contributed by atoms with Crippen molar-refractivity contribution in [3.8, 4) is 22.7 Å². The fourth-order valence-corrected chi connectivity index (χ4v) is 5.54. The van der Waals surface area contributed by atoms with Crippen molar-refractivity contribution >= 4 is 22.4 Å². The molecule has 0 aliphatic carbocycles. The first-order chi connectivity index (χ1) is 20.8. The monoisotopic (exact) mass is 589 g/mol. The van der Waals surface area contributed by atoms with E-state index in [2.05, 4.69) is 23.9 Å². The van der Waals surface area contributed by atoms with E-state index in [0.29, 0.717) is 29.2 Å². The topological polar surface area (TPSA) is 91.4 Å². The average Bonchev–Trinajstić information content (AvgIpc) is 3.56. The van der Waals surface area contributed by atoms with Gasteiger partial charge in [0.15, 0.2) is 0 Å². The Bertz CT molecular complexity index is 2040. The molecule has 9 heteroatoms. The predicted octanol–water partition coefficient (Wildman–Crippen LogP) is 5.24. The van der Waals surface area contributed by atoms with E-state index in [1.54, 1.807) is 10.8 Å². The largest absolute Gasteiger partial charge is 0.494 e. The molecule has 0 bridgehead atoms. The van der Waals surface area contributed by atoms with E-state index in [9.17, 15) is 9.59 Å². The highest BCUT2D eigenvalue weighted by Gasteiger charge is 2.15. The van der Waals surface area contributed by atoms with Crippen LogP contribution in [-0.2, 0) is 6.42 Å². The van der Waals surface area contributed by atoms with Crippen molar-refractivity contribution in [3.05, 3.63) is 133 Å². The molecule has 3 heterocycles. The number of para-hydroxylation sites is 1. The SMILES string of the molecule is Cc1ccc(Cc2nn3c(=O)/c(=C/c4cn(-c5ccccc5)nc4-c4ccc(OCCC(C)C)cc4)sc3nc2=O)cc1. The molecule has 216 valence electrons. The molecule has 0 N–H and O–H groups in total. The van der Waals surface area contributed by atoms with Crippen molar-refractivity contribution < 1.29 is 4.74 Å². The Morgan fingerprint density at radius 1 is 0.930 bits per heavy atom. The molecule has 8 nitrogen and oxygen atoms in total. The summed E-state index contributed by atoms with van der Waals surface area (Å²) < 4.78 is 9.34. The summed E-state index contributed by atoms with van der Waals surface area (Å²) in [4.78, 5) is 30.8. The lowest BCUT2D eigenvalue weighted by Gasteiger charge is -2.08. The third kappa shape index (κ3) is 6.32. The number of aryl methyl sites for hydroxylation is 1. The van der Waals surface area contributed by atoms with Crippen molar-refractivity contribution in [3.63, 3.8) is 0 Å². The summed E-state index contributed by atoms with van der Waals surface area (Å²) in [5.74, 6) is 1.37. The molecule has 3 aromatic carbocycles. The maximum absolute atomic E-state index is 13.5. The van der Waals surface area contributed by atoms with Gasteiger partial charge < -0.3 is 4.74 Å². The van der Waals surface area contributed by atoms with E-state index >= 15 is 0 Å². The number of hydrogen-bond donors (Lipinski definition) is 0. The van der Waals surface area contributed by atoms with Gasteiger partial charge in [-0.2, -0.15) is 19.7 Å². The number of hydrogen-bond acceptors (Lipinski definition) is 7. The predicted molar refractivity (Wildman–Crippen MR) is 170 cm³/mol. The van der Waals surface area contributed by atoms with Crippen molar-refractivity contribution in [2.75, 3.05) is 6.61 Å². The van der Waals surface area contributed by atoms with Gasteiger partial charge in [0, 0.05) is 23.7 Å². The molecule has 3 aromatic heterocycles. The summed E-state index contributed by atoms with van der Waals surface area (Å²) in [6.07, 6.45) is 4.98. The lowest BCUT2D eigenvalue weighted by atomic mass is 10.1. The minimum absolute atomic E-state index is 0.232. The summed E-state index contributed by atoms with van der Waals surface area (Å²) in [5.41, 5.74) is 4.78. The molecule has 0 saturated heterocycles. The molecule has 0 atom stereocenters. The molecule has 0 spiro atoms. The van der Waals surface area contributed by atoms with Crippen LogP contribution in [0.3, 0.4) is 0 Å². The highest BCUT2D eigenvalue weighted by molar-refractivity contribution is 7.15. The number of nitrogens with zero attached hydrogens (tertiary/aromatic N) is 5. The Balaban J connectivity index is 1.40. The lowest BCUT2D eigenvalue weighted by molar-refractivity contribution is 0.289. The smallest absolute Gasteiger partial charge is 0.296 e. The molecule has 6 aromatic rings. The first-order valence-corrected chi connectivity index (χ1v) is 15.0. The second-order valence-electron chi connectivity index (χ2n) is 10.9. The van der Waals surface area contributed by atoms with E-state index in [1.165, 1.54) is 4.52 Å². The van der Waals surface area contributed by atoms with Crippen molar-refractivity contribution in [1.82, 2.24) is 24.4 Å². The number of thiazole rings is 1. The van der Waals surface area contributed by atoms with Gasteiger partial charge in [-0.15, -0.1) is 0 Å². The molecule has 0 fully saturated rings. The highest BCUT2D eigenvalue weighted by Crippen LogP contribution is 2.26. The van der Waals surface area contributed by atoms with Crippen LogP contribution in [0.1, 0.15) is 42.7 Å². The molecule has 6 rings (SSSR count). The van der Waals surface area contributed by atoms with Gasteiger partial charge in [0.05, 0.1) is 16.8 Å². The standard InChI is InChI=1S/C34H31N5O3S/c1-22(2)17-18-42-28-15-13-25(14-16-28)31-26(21-38(37-31)27-7-5-4-6-8-27)20-30-33(41)39-34(43-30)35-32(40)29(36-39)19-24-11-9-23(3)10-12-24/h4-16,20-22H,17-19H2,1-3H3/b30-20-.